The van der Waals surface area contributed by atoms with E-state index in [4.69, 9.17) is 0 Å². The van der Waals surface area contributed by atoms with Crippen molar-refractivity contribution in [1.29, 1.82) is 0 Å². The molecular weight excluding hydrogens is 320 g/mol. The van der Waals surface area contributed by atoms with E-state index in [9.17, 15) is 23.6 Å². The van der Waals surface area contributed by atoms with E-state index in [0.717, 1.165) is 25.2 Å². The monoisotopic (exact) mass is 342 g/mol. The summed E-state index contributed by atoms with van der Waals surface area (Å²) in [6.07, 6.45) is 4.31. The Hall–Kier alpha value is -1.67. The Morgan fingerprint density at radius 2 is 2.17 bits per heavy atom. The molecule has 0 unspecified atom stereocenters. The number of nitro groups is 1. The van der Waals surface area contributed by atoms with E-state index in [1.807, 2.05) is 0 Å². The van der Waals surface area contributed by atoms with E-state index in [1.165, 1.54) is 12.1 Å². The number of nitro benzene ring substituents is 1. The quantitative estimate of drug-likeness (QED) is 0.628. The second kappa shape index (κ2) is 6.45. The van der Waals surface area contributed by atoms with Crippen LogP contribution in [0.15, 0.2) is 23.1 Å². The van der Waals surface area contributed by atoms with Gasteiger partial charge in [-0.1, -0.05) is 19.8 Å². The van der Waals surface area contributed by atoms with E-state index in [1.54, 1.807) is 0 Å². The summed E-state index contributed by atoms with van der Waals surface area (Å²) in [7, 11) is -3.51. The summed E-state index contributed by atoms with van der Waals surface area (Å²) in [4.78, 5) is 10.5. The molecule has 8 heteroatoms. The first-order valence-electron chi connectivity index (χ1n) is 7.55. The van der Waals surface area contributed by atoms with E-state index < -0.39 is 20.4 Å². The SMILES string of the molecule is C[C@H]1CCC[C@@](O)(CNc2ccc(S(C)(=O)=O)cc2[N+](=O)[O-])C1. The minimum atomic E-state index is -3.51. The number of sulfone groups is 1. The number of anilines is 1. The molecule has 0 amide bonds. The number of hydrogen-bond acceptors (Lipinski definition) is 6. The molecule has 7 nitrogen and oxygen atoms in total. The molecule has 2 atom stereocenters. The Morgan fingerprint density at radius 1 is 1.48 bits per heavy atom. The predicted octanol–water partition coefficient (Wildman–Crippen LogP) is 2.35. The Bertz CT molecular complexity index is 704. The van der Waals surface area contributed by atoms with Gasteiger partial charge < -0.3 is 10.4 Å². The first-order chi connectivity index (χ1) is 10.6. The van der Waals surface area contributed by atoms with E-state index >= 15 is 0 Å². The smallest absolute Gasteiger partial charge is 0.293 e. The van der Waals surface area contributed by atoms with Crippen molar-refractivity contribution in [2.24, 2.45) is 5.92 Å². The fraction of sp³-hybridized carbons (Fsp3) is 0.600. The predicted molar refractivity (Wildman–Crippen MR) is 87.3 cm³/mol. The third-order valence-electron chi connectivity index (χ3n) is 4.27. The van der Waals surface area contributed by atoms with Crippen molar-refractivity contribution in [2.45, 2.75) is 43.1 Å². The van der Waals surface area contributed by atoms with Crippen LogP contribution in [0.25, 0.3) is 0 Å². The molecular formula is C15H22N2O5S. The van der Waals surface area contributed by atoms with Crippen LogP contribution in [0.2, 0.25) is 0 Å². The van der Waals surface area contributed by atoms with Crippen LogP contribution in [0.5, 0.6) is 0 Å². The van der Waals surface area contributed by atoms with Gasteiger partial charge in [0, 0.05) is 18.9 Å². The van der Waals surface area contributed by atoms with Gasteiger partial charge >= 0.3 is 0 Å². The number of hydrogen-bond donors (Lipinski definition) is 2. The molecule has 1 aliphatic carbocycles. The molecule has 1 aromatic carbocycles. The molecule has 1 saturated carbocycles. The highest BCUT2D eigenvalue weighted by Crippen LogP contribution is 2.34. The molecule has 0 radical (unpaired) electrons. The molecule has 0 spiro atoms. The Balaban J connectivity index is 2.21. The fourth-order valence-electron chi connectivity index (χ4n) is 3.10. The zero-order valence-corrected chi connectivity index (χ0v) is 14.1. The van der Waals surface area contributed by atoms with Crippen molar-refractivity contribution >= 4 is 21.2 Å². The Kier molecular flexibility index (Phi) is 4.95. The van der Waals surface area contributed by atoms with Crippen LogP contribution in [0, 0.1) is 16.0 Å². The number of nitrogens with one attached hydrogen (secondary N) is 1. The molecule has 0 aromatic heterocycles. The fourth-order valence-corrected chi connectivity index (χ4v) is 3.74. The summed E-state index contributed by atoms with van der Waals surface area (Å²) >= 11 is 0. The number of nitrogens with zero attached hydrogens (tertiary/aromatic N) is 1. The average molecular weight is 342 g/mol. The molecule has 23 heavy (non-hydrogen) atoms. The minimum absolute atomic E-state index is 0.0975. The van der Waals surface area contributed by atoms with Crippen molar-refractivity contribution in [3.63, 3.8) is 0 Å². The Morgan fingerprint density at radius 3 is 2.74 bits per heavy atom. The normalized spacial score (nSPS) is 25.1. The van der Waals surface area contributed by atoms with Gasteiger partial charge in [-0.25, -0.2) is 8.42 Å². The summed E-state index contributed by atoms with van der Waals surface area (Å²) in [5.41, 5.74) is -0.976. The average Bonchev–Trinajstić information content (AvgIpc) is 2.43. The number of rotatable bonds is 5. The zero-order chi connectivity index (χ0) is 17.3. The molecule has 0 saturated heterocycles. The maximum Gasteiger partial charge on any atom is 0.293 e. The van der Waals surface area contributed by atoms with Gasteiger partial charge in [0.25, 0.3) is 5.69 Å². The van der Waals surface area contributed by atoms with Gasteiger partial charge in [0.2, 0.25) is 0 Å². The molecule has 0 bridgehead atoms. The number of benzene rings is 1. The van der Waals surface area contributed by atoms with Crippen LogP contribution < -0.4 is 5.32 Å². The lowest BCUT2D eigenvalue weighted by molar-refractivity contribution is -0.384. The maximum atomic E-state index is 11.5. The lowest BCUT2D eigenvalue weighted by Gasteiger charge is -2.35. The van der Waals surface area contributed by atoms with Gasteiger partial charge in [-0.3, -0.25) is 10.1 Å². The number of aliphatic hydroxyl groups is 1. The molecule has 2 rings (SSSR count). The van der Waals surface area contributed by atoms with Crippen molar-refractivity contribution in [1.82, 2.24) is 0 Å². The molecule has 1 aromatic rings. The molecule has 0 heterocycles. The summed E-state index contributed by atoms with van der Waals surface area (Å²) in [6.45, 7) is 2.28. The van der Waals surface area contributed by atoms with E-state index in [2.05, 4.69) is 12.2 Å². The summed E-state index contributed by atoms with van der Waals surface area (Å²) < 4.78 is 23.1. The highest BCUT2D eigenvalue weighted by molar-refractivity contribution is 7.90. The zero-order valence-electron chi connectivity index (χ0n) is 13.3. The minimum Gasteiger partial charge on any atom is -0.388 e. The summed E-state index contributed by atoms with van der Waals surface area (Å²) in [6, 6.07) is 3.76. The van der Waals surface area contributed by atoms with Crippen LogP contribution in [0.1, 0.15) is 32.6 Å². The van der Waals surface area contributed by atoms with Crippen LogP contribution in [0.3, 0.4) is 0 Å². The molecule has 128 valence electrons. The van der Waals surface area contributed by atoms with Gasteiger partial charge in [0.15, 0.2) is 9.84 Å². The summed E-state index contributed by atoms with van der Waals surface area (Å²) in [5, 5.41) is 24.7. The third kappa shape index (κ3) is 4.42. The highest BCUT2D eigenvalue weighted by Gasteiger charge is 2.33. The topological polar surface area (TPSA) is 110 Å². The molecule has 1 fully saturated rings. The van der Waals surface area contributed by atoms with Crippen LogP contribution >= 0.6 is 0 Å². The molecule has 1 aliphatic rings. The largest absolute Gasteiger partial charge is 0.388 e. The van der Waals surface area contributed by atoms with Crippen LogP contribution in [-0.2, 0) is 9.84 Å². The van der Waals surface area contributed by atoms with Gasteiger partial charge in [-0.15, -0.1) is 0 Å². The Labute approximate surface area is 135 Å². The van der Waals surface area contributed by atoms with Crippen LogP contribution in [0.4, 0.5) is 11.4 Å². The molecule has 0 aliphatic heterocycles. The van der Waals surface area contributed by atoms with Crippen molar-refractivity contribution in [3.05, 3.63) is 28.3 Å². The maximum absolute atomic E-state index is 11.5. The van der Waals surface area contributed by atoms with Crippen molar-refractivity contribution < 1.29 is 18.4 Å². The standard InChI is InChI=1S/C15H22N2O5S/c1-11-4-3-7-15(18,9-11)10-16-13-6-5-12(23(2,21)22)8-14(13)17(19)20/h5-6,8,11,16,18H,3-4,7,9-10H2,1-2H3/t11-,15-/m0/s1. The van der Waals surface area contributed by atoms with Crippen molar-refractivity contribution in [3.8, 4) is 0 Å². The van der Waals surface area contributed by atoms with E-state index in [-0.39, 0.29) is 22.8 Å². The van der Waals surface area contributed by atoms with Crippen LogP contribution in [-0.4, -0.2) is 36.8 Å². The first kappa shape index (κ1) is 17.7. The highest BCUT2D eigenvalue weighted by atomic mass is 32.2. The van der Waals surface area contributed by atoms with Gasteiger partial charge in [-0.2, -0.15) is 0 Å². The lowest BCUT2D eigenvalue weighted by atomic mass is 9.79. The van der Waals surface area contributed by atoms with Crippen molar-refractivity contribution in [2.75, 3.05) is 18.1 Å². The lowest BCUT2D eigenvalue weighted by Crippen LogP contribution is -2.41. The summed E-state index contributed by atoms with van der Waals surface area (Å²) in [5.74, 6) is 0.415. The second-order valence-corrected chi connectivity index (χ2v) is 8.50. The van der Waals surface area contributed by atoms with Gasteiger partial charge in [-0.05, 0) is 30.9 Å². The first-order valence-corrected chi connectivity index (χ1v) is 9.45. The molecule has 2 N–H and O–H groups in total. The van der Waals surface area contributed by atoms with Gasteiger partial charge in [0.05, 0.1) is 15.4 Å². The third-order valence-corrected chi connectivity index (χ3v) is 5.38. The van der Waals surface area contributed by atoms with Gasteiger partial charge in [0.1, 0.15) is 5.69 Å². The van der Waals surface area contributed by atoms with E-state index in [0.29, 0.717) is 18.8 Å². The second-order valence-electron chi connectivity index (χ2n) is 6.49.